The molecule has 5 nitrogen and oxygen atoms in total. The van der Waals surface area contributed by atoms with Gasteiger partial charge in [0.05, 0.1) is 4.92 Å². The van der Waals surface area contributed by atoms with Crippen molar-refractivity contribution in [3.63, 3.8) is 0 Å². The van der Waals surface area contributed by atoms with Gasteiger partial charge in [-0.3, -0.25) is 10.1 Å². The first-order chi connectivity index (χ1) is 8.24. The molecule has 0 N–H and O–H groups in total. The Balaban J connectivity index is 3.07. The van der Waals surface area contributed by atoms with Crippen molar-refractivity contribution < 1.29 is 18.1 Å². The normalized spacial score (nSPS) is 10.8. The maximum absolute atomic E-state index is 12.2. The maximum atomic E-state index is 12.2. The number of rotatable bonds is 3. The predicted molar refractivity (Wildman–Crippen MR) is 57.1 cm³/mol. The summed E-state index contributed by atoms with van der Waals surface area (Å²) >= 11 is 0. The number of halogens is 3. The van der Waals surface area contributed by atoms with Gasteiger partial charge in [-0.2, -0.15) is 18.4 Å². The van der Waals surface area contributed by atoms with Crippen LogP contribution in [0.15, 0.2) is 18.2 Å². The Bertz CT molecular complexity index is 508. The van der Waals surface area contributed by atoms with Gasteiger partial charge in [0.2, 0.25) is 0 Å². The van der Waals surface area contributed by atoms with Crippen LogP contribution in [-0.2, 0) is 0 Å². The molecule has 0 aromatic heterocycles. The highest BCUT2D eigenvalue weighted by Crippen LogP contribution is 2.26. The fourth-order valence-corrected chi connectivity index (χ4v) is 1.37. The van der Waals surface area contributed by atoms with E-state index in [1.807, 2.05) is 0 Å². The summed E-state index contributed by atoms with van der Waals surface area (Å²) in [5.74, 6) is 0. The highest BCUT2D eigenvalue weighted by atomic mass is 19.4. The Morgan fingerprint density at radius 3 is 2.56 bits per heavy atom. The first-order valence-electron chi connectivity index (χ1n) is 4.71. The number of nitriles is 1. The van der Waals surface area contributed by atoms with Crippen LogP contribution < -0.4 is 4.90 Å². The molecule has 0 aliphatic heterocycles. The van der Waals surface area contributed by atoms with Crippen molar-refractivity contribution in [3.8, 4) is 6.07 Å². The van der Waals surface area contributed by atoms with Crippen LogP contribution in [0.5, 0.6) is 0 Å². The molecule has 0 fully saturated rings. The molecule has 8 heteroatoms. The van der Waals surface area contributed by atoms with Gasteiger partial charge in [-0.1, -0.05) is 0 Å². The number of hydrogen-bond acceptors (Lipinski definition) is 4. The Hall–Kier alpha value is -2.30. The van der Waals surface area contributed by atoms with E-state index in [1.54, 1.807) is 6.07 Å². The number of anilines is 1. The zero-order chi connectivity index (χ0) is 13.9. The Morgan fingerprint density at radius 1 is 1.50 bits per heavy atom. The van der Waals surface area contributed by atoms with Gasteiger partial charge in [0.15, 0.2) is 0 Å². The molecule has 0 aliphatic carbocycles. The summed E-state index contributed by atoms with van der Waals surface area (Å²) in [6, 6.07) is 4.83. The summed E-state index contributed by atoms with van der Waals surface area (Å²) < 4.78 is 36.5. The summed E-state index contributed by atoms with van der Waals surface area (Å²) in [4.78, 5) is 10.7. The molecule has 0 aliphatic rings. The third-order valence-electron chi connectivity index (χ3n) is 2.15. The van der Waals surface area contributed by atoms with E-state index in [0.29, 0.717) is 0 Å². The lowest BCUT2D eigenvalue weighted by molar-refractivity contribution is -0.385. The Morgan fingerprint density at radius 2 is 2.11 bits per heavy atom. The largest absolute Gasteiger partial charge is 0.405 e. The zero-order valence-electron chi connectivity index (χ0n) is 9.23. The molecule has 0 saturated carbocycles. The van der Waals surface area contributed by atoms with Gasteiger partial charge >= 0.3 is 6.18 Å². The third kappa shape index (κ3) is 3.35. The van der Waals surface area contributed by atoms with E-state index in [4.69, 9.17) is 5.26 Å². The van der Waals surface area contributed by atoms with Crippen molar-refractivity contribution >= 4 is 11.4 Å². The summed E-state index contributed by atoms with van der Waals surface area (Å²) in [6.07, 6.45) is -4.39. The van der Waals surface area contributed by atoms with Crippen LogP contribution in [-0.4, -0.2) is 24.7 Å². The van der Waals surface area contributed by atoms with Crippen LogP contribution in [0, 0.1) is 21.4 Å². The van der Waals surface area contributed by atoms with Crippen LogP contribution in [0.3, 0.4) is 0 Å². The summed E-state index contributed by atoms with van der Waals surface area (Å²) in [5.41, 5.74) is -0.609. The second-order valence-electron chi connectivity index (χ2n) is 3.54. The van der Waals surface area contributed by atoms with Gasteiger partial charge in [-0.05, 0) is 12.1 Å². The number of nitrogens with zero attached hydrogens (tertiary/aromatic N) is 3. The molecule has 18 heavy (non-hydrogen) atoms. The van der Waals surface area contributed by atoms with Crippen LogP contribution in [0.4, 0.5) is 24.5 Å². The number of benzene rings is 1. The topological polar surface area (TPSA) is 70.2 Å². The molecule has 0 atom stereocenters. The summed E-state index contributed by atoms with van der Waals surface area (Å²) in [7, 11) is 1.19. The van der Waals surface area contributed by atoms with E-state index in [-0.39, 0.29) is 11.3 Å². The molecule has 0 radical (unpaired) electrons. The molecule has 1 rings (SSSR count). The van der Waals surface area contributed by atoms with Crippen LogP contribution in [0.2, 0.25) is 0 Å². The third-order valence-corrected chi connectivity index (χ3v) is 2.15. The van der Waals surface area contributed by atoms with Crippen molar-refractivity contribution in [1.29, 1.82) is 5.26 Å². The number of nitro benzene ring substituents is 1. The first-order valence-corrected chi connectivity index (χ1v) is 4.71. The van der Waals surface area contributed by atoms with E-state index >= 15 is 0 Å². The van der Waals surface area contributed by atoms with Crippen LogP contribution >= 0.6 is 0 Å². The van der Waals surface area contributed by atoms with Crippen molar-refractivity contribution in [2.75, 3.05) is 18.5 Å². The van der Waals surface area contributed by atoms with Crippen LogP contribution in [0.1, 0.15) is 5.56 Å². The van der Waals surface area contributed by atoms with Gasteiger partial charge in [-0.25, -0.2) is 0 Å². The Labute approximate surface area is 100 Å². The SMILES string of the molecule is CN(CC(F)(F)F)c1ccc([N+](=O)[O-])c(C#N)c1. The highest BCUT2D eigenvalue weighted by Gasteiger charge is 2.29. The van der Waals surface area contributed by atoms with E-state index in [0.717, 1.165) is 17.0 Å². The second kappa shape index (κ2) is 4.91. The van der Waals surface area contributed by atoms with Crippen molar-refractivity contribution in [1.82, 2.24) is 0 Å². The molecule has 1 aromatic rings. The summed E-state index contributed by atoms with van der Waals surface area (Å²) in [5, 5.41) is 19.3. The number of alkyl halides is 3. The van der Waals surface area contributed by atoms with Gasteiger partial charge < -0.3 is 4.90 Å². The monoisotopic (exact) mass is 259 g/mol. The smallest absolute Gasteiger partial charge is 0.366 e. The molecule has 0 heterocycles. The lowest BCUT2D eigenvalue weighted by Gasteiger charge is -2.20. The molecule has 0 amide bonds. The highest BCUT2D eigenvalue weighted by molar-refractivity contribution is 5.59. The van der Waals surface area contributed by atoms with Gasteiger partial charge in [0.25, 0.3) is 5.69 Å². The quantitative estimate of drug-likeness (QED) is 0.617. The fourth-order valence-electron chi connectivity index (χ4n) is 1.37. The van der Waals surface area contributed by atoms with Crippen molar-refractivity contribution in [3.05, 3.63) is 33.9 Å². The zero-order valence-corrected chi connectivity index (χ0v) is 9.23. The minimum atomic E-state index is -4.39. The van der Waals surface area contributed by atoms with Gasteiger partial charge in [0, 0.05) is 18.8 Å². The minimum absolute atomic E-state index is 0.0921. The number of nitro groups is 1. The van der Waals surface area contributed by atoms with Gasteiger partial charge in [0.1, 0.15) is 18.2 Å². The van der Waals surface area contributed by atoms with Crippen molar-refractivity contribution in [2.45, 2.75) is 6.18 Å². The van der Waals surface area contributed by atoms with Crippen LogP contribution in [0.25, 0.3) is 0 Å². The standard InChI is InChI=1S/C10H8F3N3O2/c1-15(6-10(11,12)13)8-2-3-9(16(17)18)7(4-8)5-14/h2-4H,6H2,1H3. The van der Waals surface area contributed by atoms with Gasteiger partial charge in [-0.15, -0.1) is 0 Å². The lowest BCUT2D eigenvalue weighted by atomic mass is 10.1. The molecule has 1 aromatic carbocycles. The lowest BCUT2D eigenvalue weighted by Crippen LogP contribution is -2.30. The molecule has 0 saturated heterocycles. The molecule has 0 bridgehead atoms. The predicted octanol–water partition coefficient (Wildman–Crippen LogP) is 2.46. The average molecular weight is 259 g/mol. The molecular formula is C10H8F3N3O2. The molecular weight excluding hydrogens is 251 g/mol. The number of hydrogen-bond donors (Lipinski definition) is 0. The molecule has 0 unspecified atom stereocenters. The second-order valence-corrected chi connectivity index (χ2v) is 3.54. The first kappa shape index (κ1) is 13.8. The van der Waals surface area contributed by atoms with E-state index in [2.05, 4.69) is 0 Å². The Kier molecular flexibility index (Phi) is 3.76. The minimum Gasteiger partial charge on any atom is -0.366 e. The molecule has 0 spiro atoms. The maximum Gasteiger partial charge on any atom is 0.405 e. The summed E-state index contributed by atoms with van der Waals surface area (Å²) in [6.45, 7) is -1.20. The molecule has 96 valence electrons. The van der Waals surface area contributed by atoms with Crippen molar-refractivity contribution in [2.24, 2.45) is 0 Å². The fraction of sp³-hybridized carbons (Fsp3) is 0.300. The van der Waals surface area contributed by atoms with E-state index < -0.39 is 23.3 Å². The van der Waals surface area contributed by atoms with E-state index in [1.165, 1.54) is 13.1 Å². The van der Waals surface area contributed by atoms with E-state index in [9.17, 15) is 23.3 Å². The average Bonchev–Trinajstić information content (AvgIpc) is 2.25.